The summed E-state index contributed by atoms with van der Waals surface area (Å²) < 4.78 is 94.4. The summed E-state index contributed by atoms with van der Waals surface area (Å²) >= 11 is 0. The van der Waals surface area contributed by atoms with Gasteiger partial charge in [-0.2, -0.15) is 0 Å². The van der Waals surface area contributed by atoms with Crippen molar-refractivity contribution in [3.63, 3.8) is 0 Å². The van der Waals surface area contributed by atoms with Gasteiger partial charge in [-0.3, -0.25) is 4.79 Å². The Morgan fingerprint density at radius 1 is 0.545 bits per heavy atom. The van der Waals surface area contributed by atoms with Crippen LogP contribution in [0.2, 0.25) is 0 Å². The van der Waals surface area contributed by atoms with Crippen LogP contribution in [0.5, 0.6) is 0 Å². The van der Waals surface area contributed by atoms with Crippen LogP contribution >= 0.6 is 0 Å². The van der Waals surface area contributed by atoms with Gasteiger partial charge in [-0.25, -0.2) is 0 Å². The van der Waals surface area contributed by atoms with Crippen molar-refractivity contribution in [3.05, 3.63) is 11.6 Å². The van der Waals surface area contributed by atoms with E-state index in [2.05, 4.69) is 6.92 Å². The van der Waals surface area contributed by atoms with E-state index in [0.717, 1.165) is 5.57 Å². The highest BCUT2D eigenvalue weighted by Crippen LogP contribution is 2.69. The normalized spacial score (nSPS) is 53.2. The fourth-order valence-corrected chi connectivity index (χ4v) is 15.7. The van der Waals surface area contributed by atoms with Gasteiger partial charge in [-0.05, 0) is 85.5 Å². The molecule has 29 atom stereocenters. The number of aliphatic hydroxyl groups excluding tert-OH is 3. The summed E-state index contributed by atoms with van der Waals surface area (Å²) in [6.45, 7) is 14.6. The van der Waals surface area contributed by atoms with Crippen LogP contribution < -0.4 is 0 Å². The van der Waals surface area contributed by atoms with Crippen molar-refractivity contribution in [2.24, 2.45) is 22.7 Å². The van der Waals surface area contributed by atoms with E-state index in [0.29, 0.717) is 51.4 Å². The summed E-state index contributed by atoms with van der Waals surface area (Å²) in [6.07, 6.45) is -6.73. The number of rotatable bonds is 16. The highest BCUT2D eigenvalue weighted by Gasteiger charge is 2.79. The highest BCUT2D eigenvalue weighted by molar-refractivity contribution is 5.80. The standard InChI is InChI=1S/C56H92O21/c1-26(57)34-19-42(59)56(62)54(34,8)41(58)25-40-53(7)16-15-33(18-32(53)14-17-55(40,56)61)73-43-21-36(64-10)49(28(3)69-43)75-45-23-38(66-12)51(30(5)71-45)77-47-24-39(67-13)52(31(6)72-47)76-46-22-37(65-11)50(29(4)70-46)74-44-20-35(63-9)48(60)27(2)68-44/h14,27-31,33-52,58-62H,15-25H2,1-13H3/t27-,28-,29-,30-,31-,33+,34+,35-,36-,37+,38-,39-,40-,41-,42-,43+,44+,45+,46+,47+,48-,49-,50-,51-,52-,53+,54+,55+,56-/m1/s1. The van der Waals surface area contributed by atoms with Crippen molar-refractivity contribution in [1.82, 2.24) is 0 Å². The molecule has 0 amide bonds. The number of Topliss-reactive ketones (excluding diaryl/α,β-unsaturated/α-hetero) is 1. The van der Waals surface area contributed by atoms with E-state index in [-0.39, 0.29) is 43.4 Å². The molecule has 9 aliphatic rings. The first-order chi connectivity index (χ1) is 36.5. The molecule has 5 heterocycles. The van der Waals surface area contributed by atoms with E-state index in [1.165, 1.54) is 6.92 Å². The van der Waals surface area contributed by atoms with E-state index >= 15 is 0 Å². The Hall–Kier alpha value is -1.39. The first-order valence-corrected chi connectivity index (χ1v) is 28.4. The van der Waals surface area contributed by atoms with E-state index in [1.54, 1.807) is 49.4 Å². The van der Waals surface area contributed by atoms with E-state index in [1.807, 2.05) is 33.8 Å². The predicted octanol–water partition coefficient (Wildman–Crippen LogP) is 3.36. The van der Waals surface area contributed by atoms with Gasteiger partial charge in [0.15, 0.2) is 31.5 Å². The maximum Gasteiger partial charge on any atom is 0.161 e. The Bertz CT molecular complexity index is 2030. The first-order valence-electron chi connectivity index (χ1n) is 28.4. The van der Waals surface area contributed by atoms with Crippen LogP contribution in [0.15, 0.2) is 11.6 Å². The lowest BCUT2D eigenvalue weighted by Crippen LogP contribution is -2.78. The summed E-state index contributed by atoms with van der Waals surface area (Å²) in [7, 11) is 8.14. The van der Waals surface area contributed by atoms with E-state index < -0.39 is 157 Å². The molecule has 0 radical (unpaired) electrons. The number of hydrogen-bond donors (Lipinski definition) is 5. The molecule has 0 spiro atoms. The molecule has 3 saturated carbocycles. The van der Waals surface area contributed by atoms with Crippen molar-refractivity contribution in [2.45, 2.75) is 279 Å². The summed E-state index contributed by atoms with van der Waals surface area (Å²) in [4.78, 5) is 12.8. The largest absolute Gasteiger partial charge is 0.392 e. The SMILES string of the molecule is CO[C@H]1C[C@H](O[C@@H]2[C@@H](C)O[C@@H](O[C@@H]3[C@@H](C)O[C@@H](O[C@@H]4[C@@H](C)O[C@@H](O[C@H]5CC[C@@]6(C)C(=CC[C@]7(O)[C@@H]6C[C@@H](O)[C@]6(C)[C@H](C(C)=O)C[C@@H](O)[C@@]67O)C5)C[C@H]4OC)C[C@H]3OC)C[C@H]2OC)O[C@H](C)[C@H]1O[C@H]1C[C@@H](OC)[C@H](O)[C@@H](C)O1. The van der Waals surface area contributed by atoms with Crippen LogP contribution in [0.3, 0.4) is 0 Å². The van der Waals surface area contributed by atoms with Crippen LogP contribution in [0, 0.1) is 22.7 Å². The van der Waals surface area contributed by atoms with Gasteiger partial charge in [-0.15, -0.1) is 0 Å². The van der Waals surface area contributed by atoms with Gasteiger partial charge in [0.25, 0.3) is 0 Å². The maximum atomic E-state index is 12.8. The first kappa shape index (κ1) is 60.2. The molecule has 5 N–H and O–H groups in total. The zero-order valence-corrected chi connectivity index (χ0v) is 47.6. The Balaban J connectivity index is 0.758. The Labute approximate surface area is 454 Å². The Morgan fingerprint density at radius 2 is 0.935 bits per heavy atom. The Morgan fingerprint density at radius 3 is 1.34 bits per heavy atom. The van der Waals surface area contributed by atoms with Crippen molar-refractivity contribution >= 4 is 5.78 Å². The smallest absolute Gasteiger partial charge is 0.161 e. The molecule has 5 saturated heterocycles. The lowest BCUT2D eigenvalue weighted by Gasteiger charge is -2.66. The molecule has 9 rings (SSSR count). The highest BCUT2D eigenvalue weighted by atomic mass is 16.8. The molecule has 21 nitrogen and oxygen atoms in total. The lowest BCUT2D eigenvalue weighted by molar-refractivity contribution is -0.352. The lowest BCUT2D eigenvalue weighted by atomic mass is 9.42. The average molecular weight is 1100 g/mol. The van der Waals surface area contributed by atoms with Crippen molar-refractivity contribution in [3.8, 4) is 0 Å². The molecular weight excluding hydrogens is 1010 g/mol. The minimum Gasteiger partial charge on any atom is -0.392 e. The maximum absolute atomic E-state index is 12.8. The molecule has 8 fully saturated rings. The molecule has 0 aromatic heterocycles. The average Bonchev–Trinajstić information content (AvgIpc) is 3.73. The molecule has 0 unspecified atom stereocenters. The Kier molecular flexibility index (Phi) is 18.5. The number of aliphatic hydroxyl groups is 5. The zero-order valence-electron chi connectivity index (χ0n) is 47.6. The topological polar surface area (TPSA) is 257 Å². The van der Waals surface area contributed by atoms with E-state index in [9.17, 15) is 30.3 Å². The quantitative estimate of drug-likeness (QED) is 0.139. The summed E-state index contributed by atoms with van der Waals surface area (Å²) in [5, 5.41) is 58.7. The number of fused-ring (bicyclic) bond motifs is 5. The van der Waals surface area contributed by atoms with Crippen LogP contribution in [0.1, 0.15) is 126 Å². The summed E-state index contributed by atoms with van der Waals surface area (Å²) in [5.41, 5.74) is -4.72. The molecule has 4 aliphatic carbocycles. The van der Waals surface area contributed by atoms with Crippen LogP contribution in [0.25, 0.3) is 0 Å². The molecule has 77 heavy (non-hydrogen) atoms. The van der Waals surface area contributed by atoms with Gasteiger partial charge in [0.05, 0.1) is 79.4 Å². The van der Waals surface area contributed by atoms with Crippen LogP contribution in [-0.4, -0.2) is 219 Å². The third-order valence-electron chi connectivity index (χ3n) is 20.2. The third-order valence-corrected chi connectivity index (χ3v) is 20.2. The van der Waals surface area contributed by atoms with Gasteiger partial charge < -0.3 is 96.6 Å². The fourth-order valence-electron chi connectivity index (χ4n) is 15.7. The molecule has 442 valence electrons. The number of methoxy groups -OCH3 is 5. The number of ether oxygens (including phenoxy) is 15. The molecule has 0 bridgehead atoms. The van der Waals surface area contributed by atoms with E-state index in [4.69, 9.17) is 71.1 Å². The van der Waals surface area contributed by atoms with Gasteiger partial charge in [0.2, 0.25) is 0 Å². The van der Waals surface area contributed by atoms with Crippen molar-refractivity contribution in [2.75, 3.05) is 35.5 Å². The number of carbonyl (C=O) groups excluding carboxylic acids is 1. The number of ketones is 1. The second-order valence-corrected chi connectivity index (χ2v) is 24.3. The van der Waals surface area contributed by atoms with Gasteiger partial charge in [0.1, 0.15) is 47.5 Å². The second-order valence-electron chi connectivity index (χ2n) is 24.3. The van der Waals surface area contributed by atoms with Crippen molar-refractivity contribution < 1.29 is 101 Å². The molecule has 0 aromatic rings. The summed E-state index contributed by atoms with van der Waals surface area (Å²) in [6, 6.07) is 0. The minimum absolute atomic E-state index is 0.0108. The monoisotopic (exact) mass is 1100 g/mol. The zero-order chi connectivity index (χ0) is 55.7. The van der Waals surface area contributed by atoms with Gasteiger partial charge in [0, 0.05) is 84.9 Å². The van der Waals surface area contributed by atoms with Gasteiger partial charge >= 0.3 is 0 Å². The minimum atomic E-state index is -2.07. The fraction of sp³-hybridized carbons (Fsp3) is 0.946. The third kappa shape index (κ3) is 10.8. The molecule has 0 aromatic carbocycles. The van der Waals surface area contributed by atoms with Gasteiger partial charge in [-0.1, -0.05) is 25.5 Å². The van der Waals surface area contributed by atoms with Crippen LogP contribution in [0.4, 0.5) is 0 Å². The molecule has 5 aliphatic heterocycles. The number of carbonyl (C=O) groups is 1. The predicted molar refractivity (Wildman–Crippen MR) is 271 cm³/mol. The molecule has 21 heteroatoms. The van der Waals surface area contributed by atoms with Crippen LogP contribution in [-0.2, 0) is 75.8 Å². The number of hydrogen-bond acceptors (Lipinski definition) is 21. The van der Waals surface area contributed by atoms with Crippen molar-refractivity contribution in [1.29, 1.82) is 0 Å². The second kappa shape index (κ2) is 23.7. The molecular formula is C56H92O21. The summed E-state index contributed by atoms with van der Waals surface area (Å²) in [5.74, 6) is -1.55.